The van der Waals surface area contributed by atoms with E-state index in [0.29, 0.717) is 6.54 Å². The summed E-state index contributed by atoms with van der Waals surface area (Å²) in [5.74, 6) is -1.94. The van der Waals surface area contributed by atoms with E-state index in [1.165, 1.54) is 18.2 Å². The number of benzene rings is 3. The van der Waals surface area contributed by atoms with E-state index in [-0.39, 0.29) is 30.2 Å². The van der Waals surface area contributed by atoms with Crippen molar-refractivity contribution in [1.82, 2.24) is 14.5 Å². The summed E-state index contributed by atoms with van der Waals surface area (Å²) in [6, 6.07) is 15.7. The number of carbonyl (C=O) groups is 2. The van der Waals surface area contributed by atoms with Crippen molar-refractivity contribution in [3.05, 3.63) is 95.6 Å². The number of nitrogens with zero attached hydrogens (tertiary/aromatic N) is 2. The van der Waals surface area contributed by atoms with Gasteiger partial charge >= 0.3 is 6.03 Å². The van der Waals surface area contributed by atoms with Crippen LogP contribution in [0.15, 0.2) is 77.7 Å². The van der Waals surface area contributed by atoms with Crippen LogP contribution < -0.4 is 16.4 Å². The Morgan fingerprint density at radius 1 is 0.919 bits per heavy atom. The number of sulfonamides is 1. The Balaban J connectivity index is 1.61. The first kappa shape index (κ1) is 26.2. The molecule has 3 amide bonds. The molecule has 0 aromatic heterocycles. The smallest absolute Gasteiger partial charge is 0.323 e. The molecule has 4 N–H and O–H groups in total. The lowest BCUT2D eigenvalue weighted by Gasteiger charge is -2.29. The van der Waals surface area contributed by atoms with Gasteiger partial charge in [-0.3, -0.25) is 9.69 Å². The maximum absolute atomic E-state index is 13.6. The summed E-state index contributed by atoms with van der Waals surface area (Å²) < 4.78 is 54.7. The van der Waals surface area contributed by atoms with Crippen LogP contribution in [0.25, 0.3) is 0 Å². The molecular weight excluding hydrogens is 504 g/mol. The van der Waals surface area contributed by atoms with Gasteiger partial charge in [-0.2, -0.15) is 4.31 Å². The van der Waals surface area contributed by atoms with Gasteiger partial charge in [-0.05, 0) is 53.6 Å². The van der Waals surface area contributed by atoms with E-state index in [9.17, 15) is 26.8 Å². The first-order valence-electron chi connectivity index (χ1n) is 11.4. The normalized spacial score (nSPS) is 16.0. The number of nitrogens with two attached hydrogens (primary N) is 1. The fourth-order valence-electron chi connectivity index (χ4n) is 3.99. The van der Waals surface area contributed by atoms with Crippen molar-refractivity contribution in [2.24, 2.45) is 5.73 Å². The first-order chi connectivity index (χ1) is 17.7. The van der Waals surface area contributed by atoms with E-state index in [4.69, 9.17) is 5.73 Å². The molecule has 4 rings (SSSR count). The zero-order valence-corrected chi connectivity index (χ0v) is 20.4. The third-order valence-electron chi connectivity index (χ3n) is 5.81. The van der Waals surface area contributed by atoms with Crippen molar-refractivity contribution in [3.8, 4) is 0 Å². The van der Waals surface area contributed by atoms with Crippen LogP contribution in [0, 0.1) is 11.6 Å². The van der Waals surface area contributed by atoms with Crippen LogP contribution in [0.4, 0.5) is 19.3 Å². The average molecular weight is 530 g/mol. The monoisotopic (exact) mass is 529 g/mol. The summed E-state index contributed by atoms with van der Waals surface area (Å²) in [4.78, 5) is 27.3. The number of rotatable bonds is 7. The summed E-state index contributed by atoms with van der Waals surface area (Å²) >= 11 is 0. The lowest BCUT2D eigenvalue weighted by atomic mass is 10.1. The van der Waals surface area contributed by atoms with Crippen LogP contribution >= 0.6 is 0 Å². The Morgan fingerprint density at radius 3 is 2.32 bits per heavy atom. The number of anilines is 1. The molecule has 1 fully saturated rings. The van der Waals surface area contributed by atoms with Gasteiger partial charge in [0.1, 0.15) is 11.6 Å². The third-order valence-corrected chi connectivity index (χ3v) is 7.68. The number of hydrogen-bond acceptors (Lipinski definition) is 5. The van der Waals surface area contributed by atoms with Crippen LogP contribution in [-0.2, 0) is 27.9 Å². The van der Waals surface area contributed by atoms with Gasteiger partial charge < -0.3 is 16.4 Å². The average Bonchev–Trinajstić information content (AvgIpc) is 3.34. The molecule has 3 aromatic rings. The van der Waals surface area contributed by atoms with Crippen molar-refractivity contribution in [1.29, 1.82) is 0 Å². The topological polar surface area (TPSA) is 125 Å². The van der Waals surface area contributed by atoms with Gasteiger partial charge in [-0.25, -0.2) is 22.0 Å². The molecule has 0 spiro atoms. The Kier molecular flexibility index (Phi) is 7.81. The molecule has 1 atom stereocenters. The Labute approximate surface area is 212 Å². The summed E-state index contributed by atoms with van der Waals surface area (Å²) in [5, 5.41) is 5.18. The highest BCUT2D eigenvalue weighted by Crippen LogP contribution is 2.26. The molecule has 0 saturated carbocycles. The number of halogens is 2. The van der Waals surface area contributed by atoms with Crippen LogP contribution in [0.1, 0.15) is 11.1 Å². The van der Waals surface area contributed by atoms with E-state index in [1.807, 2.05) is 6.07 Å². The van der Waals surface area contributed by atoms with Gasteiger partial charge in [0.25, 0.3) is 5.91 Å². The maximum atomic E-state index is 13.6. The number of carbonyl (C=O) groups excluding carboxylic acids is 2. The molecule has 194 valence electrons. The van der Waals surface area contributed by atoms with Gasteiger partial charge in [0.05, 0.1) is 4.90 Å². The van der Waals surface area contributed by atoms with Crippen molar-refractivity contribution in [3.63, 3.8) is 0 Å². The van der Waals surface area contributed by atoms with Gasteiger partial charge in [0.2, 0.25) is 10.0 Å². The highest BCUT2D eigenvalue weighted by Gasteiger charge is 2.46. The van der Waals surface area contributed by atoms with Gasteiger partial charge in [-0.15, -0.1) is 0 Å². The van der Waals surface area contributed by atoms with E-state index in [0.717, 1.165) is 50.7 Å². The molecule has 37 heavy (non-hydrogen) atoms. The number of hydrogen-bond donors (Lipinski definition) is 3. The molecule has 1 saturated heterocycles. The minimum absolute atomic E-state index is 0.0625. The Bertz CT molecular complexity index is 1400. The van der Waals surface area contributed by atoms with Gasteiger partial charge in [-0.1, -0.05) is 30.3 Å². The minimum atomic E-state index is -4.28. The zero-order chi connectivity index (χ0) is 26.6. The number of urea groups is 1. The molecule has 1 aliphatic rings. The van der Waals surface area contributed by atoms with E-state index in [1.54, 1.807) is 18.2 Å². The molecule has 1 heterocycles. The van der Waals surface area contributed by atoms with Crippen molar-refractivity contribution < 1.29 is 26.8 Å². The molecule has 0 radical (unpaired) electrons. The summed E-state index contributed by atoms with van der Waals surface area (Å²) in [5.41, 5.74) is 7.40. The minimum Gasteiger partial charge on any atom is -0.349 e. The fraction of sp³-hybridized carbons (Fsp3) is 0.200. The predicted octanol–water partition coefficient (Wildman–Crippen LogP) is 2.60. The predicted molar refractivity (Wildman–Crippen MR) is 132 cm³/mol. The van der Waals surface area contributed by atoms with Crippen LogP contribution in [-0.4, -0.2) is 48.8 Å². The molecule has 1 aliphatic heterocycles. The van der Waals surface area contributed by atoms with Crippen LogP contribution in [0.3, 0.4) is 0 Å². The molecule has 0 bridgehead atoms. The van der Waals surface area contributed by atoms with Crippen LogP contribution in [0.5, 0.6) is 0 Å². The summed E-state index contributed by atoms with van der Waals surface area (Å²) in [7, 11) is -4.28. The second-order valence-corrected chi connectivity index (χ2v) is 10.2. The largest absolute Gasteiger partial charge is 0.349 e. The van der Waals surface area contributed by atoms with Gasteiger partial charge in [0.15, 0.2) is 6.17 Å². The molecule has 0 aliphatic carbocycles. The SMILES string of the molecule is NCc1cccc(CNC(=O)C2N(C(=O)Nc3cccc(F)c3)CCN2S(=O)(=O)c2ccc(F)cc2)c1. The fourth-order valence-corrected chi connectivity index (χ4v) is 5.54. The van der Waals surface area contributed by atoms with Crippen LogP contribution in [0.2, 0.25) is 0 Å². The Hall–Kier alpha value is -3.87. The summed E-state index contributed by atoms with van der Waals surface area (Å²) in [6.45, 7) is 0.0778. The maximum Gasteiger partial charge on any atom is 0.323 e. The number of nitrogens with one attached hydrogen (secondary N) is 2. The third kappa shape index (κ3) is 5.93. The van der Waals surface area contributed by atoms with Gasteiger partial charge in [0, 0.05) is 31.9 Å². The standard InChI is InChI=1S/C25H25F2N5O4S/c26-19-7-9-22(10-8-19)37(35,36)32-12-11-31(25(34)30-21-6-2-5-20(27)14-21)24(32)23(33)29-16-18-4-1-3-17(13-18)15-28/h1-10,13-14,24H,11-12,15-16,28H2,(H,29,33)(H,30,34). The second-order valence-electron chi connectivity index (χ2n) is 8.32. The first-order valence-corrected chi connectivity index (χ1v) is 12.8. The van der Waals surface area contributed by atoms with Crippen molar-refractivity contribution in [2.45, 2.75) is 24.2 Å². The Morgan fingerprint density at radius 2 is 1.62 bits per heavy atom. The van der Waals surface area contributed by atoms with Crippen molar-refractivity contribution in [2.75, 3.05) is 18.4 Å². The molecule has 1 unspecified atom stereocenters. The zero-order valence-electron chi connectivity index (χ0n) is 19.6. The molecule has 12 heteroatoms. The van der Waals surface area contributed by atoms with E-state index in [2.05, 4.69) is 10.6 Å². The second kappa shape index (κ2) is 11.0. The molecular formula is C25H25F2N5O4S. The lowest BCUT2D eigenvalue weighted by molar-refractivity contribution is -0.127. The van der Waals surface area contributed by atoms with E-state index >= 15 is 0 Å². The molecule has 9 nitrogen and oxygen atoms in total. The highest BCUT2D eigenvalue weighted by atomic mass is 32.2. The highest BCUT2D eigenvalue weighted by molar-refractivity contribution is 7.89. The number of amides is 3. The lowest BCUT2D eigenvalue weighted by Crippen LogP contribution is -2.54. The van der Waals surface area contributed by atoms with E-state index < -0.39 is 39.8 Å². The quantitative estimate of drug-likeness (QED) is 0.434. The molecule has 3 aromatic carbocycles. The summed E-state index contributed by atoms with van der Waals surface area (Å²) in [6.07, 6.45) is -1.54. The van der Waals surface area contributed by atoms with Crippen molar-refractivity contribution >= 4 is 27.6 Å².